The molecule has 0 saturated heterocycles. The molecule has 3 aromatic rings. The summed E-state index contributed by atoms with van der Waals surface area (Å²) in [6, 6.07) is 5.28. The molecule has 0 radical (unpaired) electrons. The highest BCUT2D eigenvalue weighted by atomic mass is 19.4. The monoisotopic (exact) mass is 530 g/mol. The van der Waals surface area contributed by atoms with Crippen LogP contribution in [-0.2, 0) is 13.2 Å². The lowest BCUT2D eigenvalue weighted by Crippen LogP contribution is -2.36. The minimum atomic E-state index is -5.25. The Morgan fingerprint density at radius 3 is 2.49 bits per heavy atom. The van der Waals surface area contributed by atoms with Crippen molar-refractivity contribution in [1.82, 2.24) is 24.9 Å². The maximum atomic E-state index is 14.3. The van der Waals surface area contributed by atoms with E-state index in [2.05, 4.69) is 20.3 Å². The molecule has 1 fully saturated rings. The van der Waals surface area contributed by atoms with Gasteiger partial charge in [0, 0.05) is 18.8 Å². The number of nitrogens with one attached hydrogen (secondary N) is 1. The van der Waals surface area contributed by atoms with Gasteiger partial charge in [0.15, 0.2) is 11.4 Å². The summed E-state index contributed by atoms with van der Waals surface area (Å²) >= 11 is 0. The van der Waals surface area contributed by atoms with Gasteiger partial charge in [0.2, 0.25) is 6.17 Å². The fraction of sp³-hybridized carbons (Fsp3) is 0.364. The third-order valence-electron chi connectivity index (χ3n) is 5.62. The zero-order chi connectivity index (χ0) is 27.3. The molecule has 1 amide bonds. The number of rotatable bonds is 7. The number of hydrogen-bond donors (Lipinski definition) is 1. The van der Waals surface area contributed by atoms with E-state index in [4.69, 9.17) is 5.26 Å². The van der Waals surface area contributed by atoms with E-state index in [0.29, 0.717) is 29.1 Å². The van der Waals surface area contributed by atoms with E-state index >= 15 is 0 Å². The highest BCUT2D eigenvalue weighted by Crippen LogP contribution is 2.42. The van der Waals surface area contributed by atoms with Gasteiger partial charge in [-0.3, -0.25) is 4.79 Å². The normalized spacial score (nSPS) is 15.7. The number of carbonyl (C=O) groups is 1. The van der Waals surface area contributed by atoms with Crippen LogP contribution < -0.4 is 10.1 Å². The molecule has 0 spiro atoms. The summed E-state index contributed by atoms with van der Waals surface area (Å²) < 4.78 is 102. The van der Waals surface area contributed by atoms with E-state index in [9.17, 15) is 35.5 Å². The third-order valence-corrected chi connectivity index (χ3v) is 5.62. The first-order valence-electron chi connectivity index (χ1n) is 10.6. The second-order valence-corrected chi connectivity index (χ2v) is 8.42. The van der Waals surface area contributed by atoms with Gasteiger partial charge >= 0.3 is 12.3 Å². The van der Waals surface area contributed by atoms with Gasteiger partial charge in [0.25, 0.3) is 11.8 Å². The number of ether oxygens (including phenoxy) is 1. The van der Waals surface area contributed by atoms with Gasteiger partial charge in [0.1, 0.15) is 11.4 Å². The Bertz CT molecular complexity index is 1400. The molecule has 8 nitrogen and oxygen atoms in total. The molecule has 2 aromatic heterocycles. The van der Waals surface area contributed by atoms with Gasteiger partial charge in [-0.25, -0.2) is 18.1 Å². The molecule has 0 aliphatic heterocycles. The van der Waals surface area contributed by atoms with Crippen LogP contribution >= 0.6 is 0 Å². The summed E-state index contributed by atoms with van der Waals surface area (Å²) in [5.74, 6) is -4.11. The third kappa shape index (κ3) is 4.95. The smallest absolute Gasteiger partial charge is 0.410 e. The number of benzene rings is 1. The Morgan fingerprint density at radius 1 is 1.24 bits per heavy atom. The minimum Gasteiger partial charge on any atom is -0.410 e. The van der Waals surface area contributed by atoms with Crippen LogP contribution in [0.15, 0.2) is 30.6 Å². The SMILES string of the molecule is CC(F)C(F)(F)Oc1nn(C)c(-n2cc(-c3ccc(F)c(C(=O)NC4(C#N)CC4)c3)cn2)c1C(F)(F)F. The lowest BCUT2D eigenvalue weighted by atomic mass is 10.0. The zero-order valence-corrected chi connectivity index (χ0v) is 19.1. The fourth-order valence-electron chi connectivity index (χ4n) is 3.42. The first-order chi connectivity index (χ1) is 17.2. The van der Waals surface area contributed by atoms with E-state index in [0.717, 1.165) is 31.6 Å². The van der Waals surface area contributed by atoms with Crippen LogP contribution in [0.25, 0.3) is 16.9 Å². The van der Waals surface area contributed by atoms with Crippen molar-refractivity contribution in [3.05, 3.63) is 47.5 Å². The predicted molar refractivity (Wildman–Crippen MR) is 112 cm³/mol. The van der Waals surface area contributed by atoms with Gasteiger partial charge in [-0.05, 0) is 37.5 Å². The number of aromatic nitrogens is 4. The second kappa shape index (κ2) is 8.79. The van der Waals surface area contributed by atoms with Crippen molar-refractivity contribution in [3.8, 4) is 28.9 Å². The number of carbonyl (C=O) groups excluding carboxylic acids is 1. The zero-order valence-electron chi connectivity index (χ0n) is 19.1. The van der Waals surface area contributed by atoms with Crippen LogP contribution in [-0.4, -0.2) is 43.3 Å². The Kier molecular flexibility index (Phi) is 6.17. The van der Waals surface area contributed by atoms with Crippen LogP contribution in [0, 0.1) is 17.1 Å². The molecule has 2 heterocycles. The summed E-state index contributed by atoms with van der Waals surface area (Å²) in [4.78, 5) is 12.5. The summed E-state index contributed by atoms with van der Waals surface area (Å²) in [7, 11) is 1.01. The molecule has 37 heavy (non-hydrogen) atoms. The molecule has 1 saturated carbocycles. The molecule has 1 aromatic carbocycles. The number of aryl methyl sites for hydroxylation is 1. The van der Waals surface area contributed by atoms with Gasteiger partial charge in [-0.1, -0.05) is 6.07 Å². The molecule has 1 atom stereocenters. The molecule has 4 rings (SSSR count). The first-order valence-corrected chi connectivity index (χ1v) is 10.6. The standard InChI is InChI=1S/C22H17F7N6O2/c1-11(23)22(28,29)37-18-16(21(25,26)27)19(34(2)33-18)35-9-13(8-31-35)12-3-4-15(24)14(7-12)17(36)32-20(10-30)5-6-20/h3-4,7-9,11H,5-6H2,1-2H3,(H,32,36). The van der Waals surface area contributed by atoms with Gasteiger partial charge in [-0.2, -0.15) is 32.3 Å². The maximum absolute atomic E-state index is 14.3. The predicted octanol–water partition coefficient (Wildman–Crippen LogP) is 4.55. The highest BCUT2D eigenvalue weighted by molar-refractivity contribution is 5.96. The second-order valence-electron chi connectivity index (χ2n) is 8.42. The molecule has 15 heteroatoms. The number of nitriles is 1. The van der Waals surface area contributed by atoms with Crippen molar-refractivity contribution in [2.45, 2.75) is 43.8 Å². The molecule has 1 unspecified atom stereocenters. The quantitative estimate of drug-likeness (QED) is 0.453. The lowest BCUT2D eigenvalue weighted by molar-refractivity contribution is -0.220. The largest absolute Gasteiger partial charge is 0.430 e. The van der Waals surface area contributed by atoms with E-state index in [1.54, 1.807) is 0 Å². The van der Waals surface area contributed by atoms with Gasteiger partial charge in [0.05, 0.1) is 17.8 Å². The van der Waals surface area contributed by atoms with E-state index < -0.39 is 58.5 Å². The average molecular weight is 530 g/mol. The van der Waals surface area contributed by atoms with E-state index in [1.807, 2.05) is 6.07 Å². The van der Waals surface area contributed by atoms with E-state index in [1.165, 1.54) is 6.07 Å². The first kappa shape index (κ1) is 26.0. The summed E-state index contributed by atoms with van der Waals surface area (Å²) in [5.41, 5.74) is -2.87. The molecular formula is C22H17F7N6O2. The molecule has 1 aliphatic carbocycles. The van der Waals surface area contributed by atoms with Crippen LogP contribution in [0.4, 0.5) is 30.7 Å². The highest BCUT2D eigenvalue weighted by Gasteiger charge is 2.48. The topological polar surface area (TPSA) is 97.8 Å². The van der Waals surface area contributed by atoms with E-state index in [-0.39, 0.29) is 11.1 Å². The summed E-state index contributed by atoms with van der Waals surface area (Å²) in [6.07, 6.45) is -9.77. The number of alkyl halides is 6. The minimum absolute atomic E-state index is 0.134. The number of nitrogens with zero attached hydrogens (tertiary/aromatic N) is 5. The lowest BCUT2D eigenvalue weighted by Gasteiger charge is -2.18. The van der Waals surface area contributed by atoms with Crippen LogP contribution in [0.2, 0.25) is 0 Å². The number of halogens is 7. The van der Waals surface area contributed by atoms with Crippen LogP contribution in [0.5, 0.6) is 5.88 Å². The van der Waals surface area contributed by atoms with Crippen molar-refractivity contribution in [3.63, 3.8) is 0 Å². The molecule has 1 aliphatic rings. The average Bonchev–Trinajstić information content (AvgIpc) is 3.25. The number of hydrogen-bond acceptors (Lipinski definition) is 5. The molecule has 1 N–H and O–H groups in total. The van der Waals surface area contributed by atoms with Gasteiger partial charge in [-0.15, -0.1) is 5.10 Å². The van der Waals surface area contributed by atoms with Crippen molar-refractivity contribution in [2.24, 2.45) is 7.05 Å². The molecule has 196 valence electrons. The maximum Gasteiger partial charge on any atom is 0.430 e. The van der Waals surface area contributed by atoms with Crippen molar-refractivity contribution < 1.29 is 40.3 Å². The summed E-state index contributed by atoms with van der Waals surface area (Å²) in [5, 5.41) is 18.7. The van der Waals surface area contributed by atoms with Gasteiger partial charge < -0.3 is 10.1 Å². The van der Waals surface area contributed by atoms with Crippen LogP contribution in [0.1, 0.15) is 35.7 Å². The molecule has 0 bridgehead atoms. The van der Waals surface area contributed by atoms with Crippen LogP contribution in [0.3, 0.4) is 0 Å². The van der Waals surface area contributed by atoms with Crippen molar-refractivity contribution in [2.75, 3.05) is 0 Å². The Hall–Kier alpha value is -4.09. The van der Waals surface area contributed by atoms with Crippen molar-refractivity contribution >= 4 is 5.91 Å². The van der Waals surface area contributed by atoms with Crippen molar-refractivity contribution in [1.29, 1.82) is 5.26 Å². The summed E-state index contributed by atoms with van der Waals surface area (Å²) in [6.45, 7) is 0.416. The Balaban J connectivity index is 1.72. The Morgan fingerprint density at radius 2 is 1.92 bits per heavy atom. The molecular weight excluding hydrogens is 513 g/mol. The number of amides is 1. The Labute approximate surface area is 204 Å². The fourth-order valence-corrected chi connectivity index (χ4v) is 3.42.